The lowest BCUT2D eigenvalue weighted by atomic mass is 9.45. The van der Waals surface area contributed by atoms with Crippen LogP contribution in [0.25, 0.3) is 0 Å². The lowest BCUT2D eigenvalue weighted by molar-refractivity contribution is -0.0565. The third-order valence-corrected chi connectivity index (χ3v) is 11.6. The van der Waals surface area contributed by atoms with E-state index >= 15 is 0 Å². The van der Waals surface area contributed by atoms with Crippen LogP contribution in [0.4, 0.5) is 0 Å². The second-order valence-corrected chi connectivity index (χ2v) is 14.1. The fourth-order valence-corrected chi connectivity index (χ4v) is 9.01. The summed E-state index contributed by atoms with van der Waals surface area (Å²) in [6, 6.07) is 0. The second kappa shape index (κ2) is 7.95. The molecule has 30 heavy (non-hydrogen) atoms. The topological polar surface area (TPSA) is 0 Å². The minimum Gasteiger partial charge on any atom is -0.0845 e. The third-order valence-electron chi connectivity index (χ3n) is 11.6. The molecular formula is C30H52. The molecule has 0 amide bonds. The van der Waals surface area contributed by atoms with E-state index in [-0.39, 0.29) is 0 Å². The summed E-state index contributed by atoms with van der Waals surface area (Å²) in [6.07, 6.45) is 17.4. The first kappa shape index (κ1) is 22.9. The van der Waals surface area contributed by atoms with Crippen LogP contribution in [0.2, 0.25) is 0 Å². The van der Waals surface area contributed by atoms with Crippen molar-refractivity contribution >= 4 is 0 Å². The van der Waals surface area contributed by atoms with E-state index in [0.29, 0.717) is 16.2 Å². The highest BCUT2D eigenvalue weighted by Gasteiger charge is 2.59. The van der Waals surface area contributed by atoms with Gasteiger partial charge in [0.05, 0.1) is 0 Å². The molecule has 0 aliphatic heterocycles. The van der Waals surface area contributed by atoms with Gasteiger partial charge in [0.2, 0.25) is 0 Å². The molecule has 0 radical (unpaired) electrons. The van der Waals surface area contributed by atoms with Gasteiger partial charge in [0, 0.05) is 0 Å². The Balaban J connectivity index is 1.49. The Morgan fingerprint density at radius 1 is 0.867 bits per heavy atom. The van der Waals surface area contributed by atoms with E-state index in [0.717, 1.165) is 41.4 Å². The molecule has 0 bridgehead atoms. The van der Waals surface area contributed by atoms with Gasteiger partial charge in [-0.25, -0.2) is 0 Å². The normalized spacial score (nSPS) is 44.6. The zero-order valence-corrected chi connectivity index (χ0v) is 21.7. The van der Waals surface area contributed by atoms with Gasteiger partial charge in [-0.05, 0) is 109 Å². The van der Waals surface area contributed by atoms with Crippen LogP contribution < -0.4 is 0 Å². The van der Waals surface area contributed by atoms with Crippen molar-refractivity contribution in [2.75, 3.05) is 0 Å². The maximum Gasteiger partial charge on any atom is -0.00849 e. The van der Waals surface area contributed by atoms with Crippen molar-refractivity contribution in [2.24, 2.45) is 57.7 Å². The van der Waals surface area contributed by atoms with Gasteiger partial charge in [-0.2, -0.15) is 0 Å². The van der Waals surface area contributed by atoms with E-state index in [2.05, 4.69) is 61.5 Å². The van der Waals surface area contributed by atoms with Crippen molar-refractivity contribution in [2.45, 2.75) is 120 Å². The van der Waals surface area contributed by atoms with Crippen molar-refractivity contribution < 1.29 is 0 Å². The second-order valence-electron chi connectivity index (χ2n) is 14.1. The summed E-state index contributed by atoms with van der Waals surface area (Å²) in [5.74, 6) is 6.56. The standard InChI is InChI=1S/C30H52/c1-20(2)21(3)9-10-22(4)25-13-14-26-24-12-11-23-19-28(5,6)17-18-29(23,7)27(24)15-16-30(25,26)8/h11,20-22,24-27H,9-10,12-19H2,1-8H3/t21-,22?,24+,25-,26+,27+,29+,30-/m1/s1. The van der Waals surface area contributed by atoms with Crippen molar-refractivity contribution in [3.63, 3.8) is 0 Å². The highest BCUT2D eigenvalue weighted by molar-refractivity contribution is 5.26. The fraction of sp³-hybridized carbons (Fsp3) is 0.933. The Kier molecular flexibility index (Phi) is 6.07. The van der Waals surface area contributed by atoms with E-state index in [4.69, 9.17) is 0 Å². The smallest absolute Gasteiger partial charge is 0.00849 e. The van der Waals surface area contributed by atoms with Gasteiger partial charge in [0.1, 0.15) is 0 Å². The maximum absolute atomic E-state index is 2.76. The summed E-state index contributed by atoms with van der Waals surface area (Å²) < 4.78 is 0. The number of rotatable bonds is 5. The molecule has 0 N–H and O–H groups in total. The van der Waals surface area contributed by atoms with E-state index < -0.39 is 0 Å². The fourth-order valence-electron chi connectivity index (χ4n) is 9.01. The van der Waals surface area contributed by atoms with E-state index in [1.165, 1.54) is 64.2 Å². The predicted octanol–water partition coefficient (Wildman–Crippen LogP) is 9.30. The van der Waals surface area contributed by atoms with Crippen LogP contribution >= 0.6 is 0 Å². The van der Waals surface area contributed by atoms with Crippen molar-refractivity contribution in [3.8, 4) is 0 Å². The summed E-state index contributed by atoms with van der Waals surface area (Å²) in [7, 11) is 0. The molecule has 0 spiro atoms. The van der Waals surface area contributed by atoms with E-state index in [9.17, 15) is 0 Å². The zero-order chi connectivity index (χ0) is 21.9. The van der Waals surface area contributed by atoms with Gasteiger partial charge in [-0.1, -0.05) is 79.9 Å². The molecule has 0 aromatic carbocycles. The molecule has 4 rings (SSSR count). The van der Waals surface area contributed by atoms with Crippen molar-refractivity contribution in [1.29, 1.82) is 0 Å². The molecule has 0 heteroatoms. The van der Waals surface area contributed by atoms with Crippen LogP contribution in [0.1, 0.15) is 120 Å². The summed E-state index contributed by atoms with van der Waals surface area (Å²) >= 11 is 0. The Morgan fingerprint density at radius 3 is 2.30 bits per heavy atom. The van der Waals surface area contributed by atoms with Gasteiger partial charge in [-0.3, -0.25) is 0 Å². The molecule has 3 fully saturated rings. The molecule has 0 aromatic rings. The van der Waals surface area contributed by atoms with Crippen molar-refractivity contribution in [1.82, 2.24) is 0 Å². The largest absolute Gasteiger partial charge is 0.0845 e. The Morgan fingerprint density at radius 2 is 1.60 bits per heavy atom. The van der Waals surface area contributed by atoms with Gasteiger partial charge in [0.15, 0.2) is 0 Å². The SMILES string of the molecule is CC(C)[C@H](C)CCC(C)[C@H]1CC[C@H]2[C@@H]3CC=C4CC(C)(C)CC[C@]4(C)[C@H]3CC[C@]12C. The number of allylic oxidation sites excluding steroid dienone is 2. The molecule has 8 atom stereocenters. The van der Waals surface area contributed by atoms with Gasteiger partial charge >= 0.3 is 0 Å². The molecular weight excluding hydrogens is 360 g/mol. The Hall–Kier alpha value is -0.260. The Labute approximate surface area is 189 Å². The van der Waals surface area contributed by atoms with Crippen LogP contribution in [0.5, 0.6) is 0 Å². The molecule has 0 saturated heterocycles. The lowest BCUT2D eigenvalue weighted by Crippen LogP contribution is -2.51. The third kappa shape index (κ3) is 3.75. The highest BCUT2D eigenvalue weighted by atomic mass is 14.6. The first-order chi connectivity index (χ1) is 14.0. The predicted molar refractivity (Wildman–Crippen MR) is 131 cm³/mol. The average molecular weight is 413 g/mol. The summed E-state index contributed by atoms with van der Waals surface area (Å²) in [5.41, 5.74) is 3.53. The highest BCUT2D eigenvalue weighted by Crippen LogP contribution is 2.68. The number of hydrogen-bond donors (Lipinski definition) is 0. The van der Waals surface area contributed by atoms with Gasteiger partial charge < -0.3 is 0 Å². The number of hydrogen-bond acceptors (Lipinski definition) is 0. The zero-order valence-electron chi connectivity index (χ0n) is 21.7. The van der Waals surface area contributed by atoms with Crippen LogP contribution in [0.15, 0.2) is 11.6 Å². The van der Waals surface area contributed by atoms with Crippen molar-refractivity contribution in [3.05, 3.63) is 11.6 Å². The van der Waals surface area contributed by atoms with Crippen LogP contribution in [-0.4, -0.2) is 0 Å². The first-order valence-electron chi connectivity index (χ1n) is 13.7. The summed E-state index contributed by atoms with van der Waals surface area (Å²) in [4.78, 5) is 0. The quantitative estimate of drug-likeness (QED) is 0.394. The van der Waals surface area contributed by atoms with Gasteiger partial charge in [0.25, 0.3) is 0 Å². The molecule has 0 aromatic heterocycles. The van der Waals surface area contributed by atoms with Crippen LogP contribution in [0.3, 0.4) is 0 Å². The summed E-state index contributed by atoms with van der Waals surface area (Å²) in [5, 5.41) is 0. The van der Waals surface area contributed by atoms with Crippen LogP contribution in [-0.2, 0) is 0 Å². The monoisotopic (exact) mass is 412 g/mol. The molecule has 1 unspecified atom stereocenters. The average Bonchev–Trinajstić information content (AvgIpc) is 3.03. The molecule has 4 aliphatic rings. The molecule has 172 valence electrons. The summed E-state index contributed by atoms with van der Waals surface area (Å²) in [6.45, 7) is 20.3. The molecule has 4 aliphatic carbocycles. The van der Waals surface area contributed by atoms with E-state index in [1.54, 1.807) is 0 Å². The molecule has 0 heterocycles. The minimum absolute atomic E-state index is 0.524. The van der Waals surface area contributed by atoms with Gasteiger partial charge in [-0.15, -0.1) is 0 Å². The maximum atomic E-state index is 2.76. The lowest BCUT2D eigenvalue weighted by Gasteiger charge is -2.59. The van der Waals surface area contributed by atoms with Crippen LogP contribution in [0, 0.1) is 57.7 Å². The Bertz CT molecular complexity index is 653. The molecule has 3 saturated carbocycles. The first-order valence-corrected chi connectivity index (χ1v) is 13.7. The molecule has 0 nitrogen and oxygen atoms in total. The minimum atomic E-state index is 0.524. The van der Waals surface area contributed by atoms with E-state index in [1.807, 2.05) is 5.57 Å². The number of fused-ring (bicyclic) bond motifs is 5.